The van der Waals surface area contributed by atoms with E-state index >= 15 is 0 Å². The number of nitrogens with two attached hydrogens (primary N) is 2. The fourth-order valence-corrected chi connectivity index (χ4v) is 3.19. The molecule has 140 valence electrons. The molecule has 7 nitrogen and oxygen atoms in total. The van der Waals surface area contributed by atoms with E-state index < -0.39 is 0 Å². The lowest BCUT2D eigenvalue weighted by Gasteiger charge is -2.34. The molecule has 0 saturated carbocycles. The van der Waals surface area contributed by atoms with E-state index in [-0.39, 0.29) is 5.91 Å². The van der Waals surface area contributed by atoms with E-state index in [0.29, 0.717) is 41.1 Å². The number of amides is 1. The highest BCUT2D eigenvalue weighted by molar-refractivity contribution is 7.71. The van der Waals surface area contributed by atoms with Crippen LogP contribution in [0.3, 0.4) is 0 Å². The molecule has 0 aliphatic carbocycles. The molecule has 0 spiro atoms. The van der Waals surface area contributed by atoms with Gasteiger partial charge in [-0.2, -0.15) is 10.5 Å². The van der Waals surface area contributed by atoms with Gasteiger partial charge in [-0.3, -0.25) is 4.79 Å². The van der Waals surface area contributed by atoms with Crippen LogP contribution < -0.4 is 16.4 Å². The van der Waals surface area contributed by atoms with Crippen LogP contribution in [0.4, 0.5) is 5.82 Å². The van der Waals surface area contributed by atoms with Gasteiger partial charge in [-0.25, -0.2) is 0 Å². The second-order valence-electron chi connectivity index (χ2n) is 6.12. The summed E-state index contributed by atoms with van der Waals surface area (Å²) in [6, 6.07) is 4.36. The monoisotopic (exact) mass is 374 g/mol. The Labute approximate surface area is 159 Å². The standard InChI is InChI=1S/C15H19N5S.C3H7NO/c1-2-11-12(7-17)14(19-15(21)13(11)8-18)20-5-3-4-10(6-16)9-20;1-2-3(4)5/h10H,2-6,9,16H2,1H3,(H,19,21);2H2,1H3,(H2,4,5). The van der Waals surface area contributed by atoms with Gasteiger partial charge in [-0.15, -0.1) is 0 Å². The van der Waals surface area contributed by atoms with Gasteiger partial charge in [0.05, 0.1) is 11.1 Å². The molecular formula is C18H26N6OS. The summed E-state index contributed by atoms with van der Waals surface area (Å²) in [5.74, 6) is 0.939. The number of carbonyl (C=O) groups excluding carboxylic acids is 1. The van der Waals surface area contributed by atoms with Crippen molar-refractivity contribution in [1.82, 2.24) is 4.98 Å². The summed E-state index contributed by atoms with van der Waals surface area (Å²) < 4.78 is 0.415. The fraction of sp³-hybridized carbons (Fsp3) is 0.556. The Morgan fingerprint density at radius 2 is 1.96 bits per heavy atom. The zero-order valence-corrected chi connectivity index (χ0v) is 16.2. The van der Waals surface area contributed by atoms with Gasteiger partial charge < -0.3 is 21.4 Å². The number of carbonyl (C=O) groups is 1. The van der Waals surface area contributed by atoms with Gasteiger partial charge in [0.2, 0.25) is 5.91 Å². The zero-order valence-electron chi connectivity index (χ0n) is 15.3. The molecule has 1 aromatic rings. The molecule has 1 amide bonds. The molecule has 1 unspecified atom stereocenters. The molecule has 2 rings (SSSR count). The number of anilines is 1. The summed E-state index contributed by atoms with van der Waals surface area (Å²) >= 11 is 5.29. The molecule has 1 saturated heterocycles. The van der Waals surface area contributed by atoms with E-state index in [2.05, 4.69) is 27.8 Å². The first kappa shape index (κ1) is 21.6. The van der Waals surface area contributed by atoms with Crippen molar-refractivity contribution in [1.29, 1.82) is 10.5 Å². The summed E-state index contributed by atoms with van der Waals surface area (Å²) in [4.78, 5) is 14.8. The molecule has 0 aromatic carbocycles. The first-order valence-electron chi connectivity index (χ1n) is 8.75. The third-order valence-electron chi connectivity index (χ3n) is 4.39. The molecule has 0 radical (unpaired) electrons. The van der Waals surface area contributed by atoms with Crippen LogP contribution in [0, 0.1) is 33.2 Å². The molecule has 0 bridgehead atoms. The topological polar surface area (TPSA) is 136 Å². The second kappa shape index (κ2) is 10.5. The lowest BCUT2D eigenvalue weighted by Crippen LogP contribution is -2.39. The Bertz CT molecular complexity index is 774. The summed E-state index contributed by atoms with van der Waals surface area (Å²) in [5, 5.41) is 18.8. The predicted molar refractivity (Wildman–Crippen MR) is 104 cm³/mol. The minimum atomic E-state index is -0.245. The Kier molecular flexibility index (Phi) is 8.77. The van der Waals surface area contributed by atoms with Crippen LogP contribution >= 0.6 is 12.2 Å². The van der Waals surface area contributed by atoms with Crippen molar-refractivity contribution in [3.63, 3.8) is 0 Å². The number of nitrogens with one attached hydrogen (secondary N) is 1. The molecule has 5 N–H and O–H groups in total. The fourth-order valence-electron chi connectivity index (χ4n) is 2.93. The number of H-pyrrole nitrogens is 1. The predicted octanol–water partition coefficient (Wildman–Crippen LogP) is 2.11. The van der Waals surface area contributed by atoms with E-state index in [4.69, 9.17) is 18.0 Å². The third-order valence-corrected chi connectivity index (χ3v) is 4.70. The van der Waals surface area contributed by atoms with Crippen molar-refractivity contribution in [2.24, 2.45) is 17.4 Å². The maximum absolute atomic E-state index is 9.59. The van der Waals surface area contributed by atoms with Gasteiger partial charge in [-0.1, -0.05) is 26.1 Å². The largest absolute Gasteiger partial charge is 0.370 e. The van der Waals surface area contributed by atoms with Crippen LogP contribution in [-0.2, 0) is 11.2 Å². The van der Waals surface area contributed by atoms with Gasteiger partial charge in [0, 0.05) is 19.5 Å². The molecule has 1 aliphatic heterocycles. The zero-order chi connectivity index (χ0) is 19.7. The lowest BCUT2D eigenvalue weighted by atomic mass is 9.96. The number of aromatic amines is 1. The molecule has 1 atom stereocenters. The maximum Gasteiger partial charge on any atom is 0.217 e. The van der Waals surface area contributed by atoms with E-state index in [9.17, 15) is 15.3 Å². The van der Waals surface area contributed by atoms with Crippen LogP contribution in [-0.4, -0.2) is 30.5 Å². The Balaban J connectivity index is 0.000000597. The third kappa shape index (κ3) is 5.29. The average molecular weight is 375 g/mol. The van der Waals surface area contributed by atoms with Crippen LogP contribution in [0.25, 0.3) is 0 Å². The number of hydrogen-bond donors (Lipinski definition) is 3. The normalized spacial score (nSPS) is 16.0. The molecule has 26 heavy (non-hydrogen) atoms. The summed E-state index contributed by atoms with van der Waals surface area (Å²) in [5.41, 5.74) is 12.1. The Hall–Kier alpha value is -2.42. The molecule has 1 fully saturated rings. The summed E-state index contributed by atoms with van der Waals surface area (Å²) in [6.45, 7) is 6.02. The minimum Gasteiger partial charge on any atom is -0.370 e. The smallest absolute Gasteiger partial charge is 0.217 e. The number of primary amides is 1. The van der Waals surface area contributed by atoms with Crippen molar-refractivity contribution in [2.45, 2.75) is 39.5 Å². The SMILES string of the molecule is CCC(N)=O.CCc1c(C#N)c(N2CCCC(CN)C2)[nH]c(=S)c1C#N. The van der Waals surface area contributed by atoms with Crippen LogP contribution in [0.1, 0.15) is 49.8 Å². The summed E-state index contributed by atoms with van der Waals surface area (Å²) in [7, 11) is 0. The van der Waals surface area contributed by atoms with Gasteiger partial charge >= 0.3 is 0 Å². The molecule has 2 heterocycles. The van der Waals surface area contributed by atoms with E-state index in [0.717, 1.165) is 37.3 Å². The van der Waals surface area contributed by atoms with E-state index in [1.165, 1.54) is 0 Å². The first-order chi connectivity index (χ1) is 12.4. The quantitative estimate of drug-likeness (QED) is 0.691. The number of nitrogens with zero attached hydrogens (tertiary/aromatic N) is 3. The van der Waals surface area contributed by atoms with Crippen LogP contribution in [0.15, 0.2) is 0 Å². The van der Waals surface area contributed by atoms with Gasteiger partial charge in [0.15, 0.2) is 0 Å². The van der Waals surface area contributed by atoms with Crippen LogP contribution in [0.5, 0.6) is 0 Å². The highest BCUT2D eigenvalue weighted by atomic mass is 32.1. The highest BCUT2D eigenvalue weighted by Gasteiger charge is 2.24. The van der Waals surface area contributed by atoms with Crippen molar-refractivity contribution >= 4 is 23.9 Å². The molecule has 1 aromatic heterocycles. The summed E-state index contributed by atoms with van der Waals surface area (Å²) in [6.07, 6.45) is 3.23. The second-order valence-corrected chi connectivity index (χ2v) is 6.53. The number of aromatic nitrogens is 1. The van der Waals surface area contributed by atoms with Gasteiger partial charge in [0.25, 0.3) is 0 Å². The van der Waals surface area contributed by atoms with E-state index in [1.54, 1.807) is 6.92 Å². The van der Waals surface area contributed by atoms with E-state index in [1.807, 2.05) is 6.92 Å². The maximum atomic E-state index is 9.59. The molecule has 8 heteroatoms. The Morgan fingerprint density at radius 3 is 2.42 bits per heavy atom. The molecule has 1 aliphatic rings. The van der Waals surface area contributed by atoms with Crippen molar-refractivity contribution in [2.75, 3.05) is 24.5 Å². The lowest BCUT2D eigenvalue weighted by molar-refractivity contribution is -0.117. The van der Waals surface area contributed by atoms with Crippen molar-refractivity contribution < 1.29 is 4.79 Å². The van der Waals surface area contributed by atoms with Crippen molar-refractivity contribution in [3.8, 4) is 12.1 Å². The minimum absolute atomic E-state index is 0.245. The number of hydrogen-bond acceptors (Lipinski definition) is 6. The number of pyridine rings is 1. The number of rotatable bonds is 4. The Morgan fingerprint density at radius 1 is 1.35 bits per heavy atom. The van der Waals surface area contributed by atoms with Gasteiger partial charge in [-0.05, 0) is 37.3 Å². The number of nitriles is 2. The highest BCUT2D eigenvalue weighted by Crippen LogP contribution is 2.28. The van der Waals surface area contributed by atoms with Crippen LogP contribution in [0.2, 0.25) is 0 Å². The van der Waals surface area contributed by atoms with Gasteiger partial charge in [0.1, 0.15) is 22.6 Å². The number of piperidine rings is 1. The first-order valence-corrected chi connectivity index (χ1v) is 9.16. The van der Waals surface area contributed by atoms with Crippen molar-refractivity contribution in [3.05, 3.63) is 21.3 Å². The average Bonchev–Trinajstić information content (AvgIpc) is 2.67. The molecular weight excluding hydrogens is 348 g/mol.